The second-order valence-electron chi connectivity index (χ2n) is 0.0825. The quantitative estimate of drug-likeness (QED) is 0.575. The summed E-state index contributed by atoms with van der Waals surface area (Å²) in [5.41, 5.74) is 0. The van der Waals surface area contributed by atoms with Gasteiger partial charge in [-0.2, -0.15) is 22.9 Å². The molecule has 0 aliphatic rings. The monoisotopic (exact) mass is 268 g/mol. The van der Waals surface area contributed by atoms with Crippen LogP contribution in [0.5, 0.6) is 0 Å². The SMILES string of the molecule is Cl[B]Cl.[Re]. The van der Waals surface area contributed by atoms with Gasteiger partial charge in [-0.15, -0.1) is 0 Å². The molecule has 4 heavy (non-hydrogen) atoms. The van der Waals surface area contributed by atoms with Gasteiger partial charge in [-0.3, -0.25) is 0 Å². The van der Waals surface area contributed by atoms with Crippen LogP contribution in [-0.2, 0) is 20.4 Å². The van der Waals surface area contributed by atoms with Crippen molar-refractivity contribution >= 4 is 29.0 Å². The molecular formula is BCl2Re. The second kappa shape index (κ2) is 8.85. The van der Waals surface area contributed by atoms with Gasteiger partial charge in [-0.1, -0.05) is 0 Å². The minimum Gasteiger partial charge on any atom is -0.178 e. The van der Waals surface area contributed by atoms with E-state index in [4.69, 9.17) is 0 Å². The van der Waals surface area contributed by atoms with Gasteiger partial charge in [0.25, 0.3) is 0 Å². The number of halogens is 2. The van der Waals surface area contributed by atoms with Gasteiger partial charge in [0, 0.05) is 20.4 Å². The zero-order valence-electron chi connectivity index (χ0n) is 1.71. The number of hydrogen-bond acceptors (Lipinski definition) is 0. The third kappa shape index (κ3) is 10.3. The van der Waals surface area contributed by atoms with Crippen LogP contribution in [0.2, 0.25) is 0 Å². The Hall–Kier alpha value is 1.31. The summed E-state index contributed by atoms with van der Waals surface area (Å²) in [6.45, 7) is 0. The molecule has 0 bridgehead atoms. The van der Waals surface area contributed by atoms with Gasteiger partial charge in [0.1, 0.15) is 0 Å². The van der Waals surface area contributed by atoms with Crippen LogP contribution >= 0.6 is 22.9 Å². The van der Waals surface area contributed by atoms with Crippen molar-refractivity contribution in [1.29, 1.82) is 0 Å². The van der Waals surface area contributed by atoms with Crippen molar-refractivity contribution < 1.29 is 20.4 Å². The maximum atomic E-state index is 4.64. The van der Waals surface area contributed by atoms with E-state index in [1.807, 2.05) is 0 Å². The van der Waals surface area contributed by atoms with E-state index < -0.39 is 0 Å². The summed E-state index contributed by atoms with van der Waals surface area (Å²) in [7, 11) is 0. The van der Waals surface area contributed by atoms with E-state index in [2.05, 4.69) is 22.9 Å². The maximum absolute atomic E-state index is 4.64. The molecule has 0 atom stereocenters. The summed E-state index contributed by atoms with van der Waals surface area (Å²) >= 11 is 9.28. The van der Waals surface area contributed by atoms with Crippen LogP contribution in [0.3, 0.4) is 0 Å². The molecule has 0 saturated carbocycles. The Morgan fingerprint density at radius 1 is 1.25 bits per heavy atom. The number of hydrogen-bond donors (Lipinski definition) is 0. The molecule has 0 heterocycles. The van der Waals surface area contributed by atoms with Crippen molar-refractivity contribution in [1.82, 2.24) is 0 Å². The molecule has 0 rings (SSSR count). The predicted octanol–water partition coefficient (Wildman–Crippen LogP) is 0.996. The van der Waals surface area contributed by atoms with E-state index in [0.29, 0.717) is 0 Å². The van der Waals surface area contributed by atoms with E-state index in [1.54, 1.807) is 0 Å². The van der Waals surface area contributed by atoms with Crippen molar-refractivity contribution in [3.05, 3.63) is 0 Å². The molecule has 0 spiro atoms. The van der Waals surface area contributed by atoms with Gasteiger partial charge in [0.2, 0.25) is 0 Å². The largest absolute Gasteiger partial charge is 0.357 e. The van der Waals surface area contributed by atoms with Crippen LogP contribution in [0.4, 0.5) is 0 Å². The first-order valence-corrected chi connectivity index (χ1v) is 1.31. The zero-order chi connectivity index (χ0) is 2.71. The van der Waals surface area contributed by atoms with Crippen molar-refractivity contribution in [3.8, 4) is 0 Å². The minimum atomic E-state index is 0. The maximum Gasteiger partial charge on any atom is 0.357 e. The van der Waals surface area contributed by atoms with E-state index in [0.717, 1.165) is 6.11 Å². The third-order valence-corrected chi connectivity index (χ3v) is 0. The molecule has 0 aliphatic carbocycles. The van der Waals surface area contributed by atoms with Crippen molar-refractivity contribution in [2.24, 2.45) is 0 Å². The molecule has 0 aromatic rings. The van der Waals surface area contributed by atoms with Gasteiger partial charge in [-0.25, -0.2) is 0 Å². The molecular weight excluding hydrogens is 268 g/mol. The smallest absolute Gasteiger partial charge is 0.178 e. The molecule has 0 fully saturated rings. The predicted molar refractivity (Wildman–Crippen MR) is 17.5 cm³/mol. The zero-order valence-corrected chi connectivity index (χ0v) is 5.94. The first-order chi connectivity index (χ1) is 1.41. The normalized spacial score (nSPS) is 3.50. The van der Waals surface area contributed by atoms with Crippen LogP contribution in [-0.4, -0.2) is 6.11 Å². The number of rotatable bonds is 0. The fourth-order valence-corrected chi connectivity index (χ4v) is 0. The fourth-order valence-electron chi connectivity index (χ4n) is 0. The Morgan fingerprint density at radius 3 is 1.25 bits per heavy atom. The fraction of sp³-hybridized carbons (Fsp3) is 0. The average Bonchev–Trinajstić information content (AvgIpc) is 0.918. The molecule has 0 unspecified atom stereocenters. The van der Waals surface area contributed by atoms with Crippen LogP contribution in [0.25, 0.3) is 0 Å². The third-order valence-electron chi connectivity index (χ3n) is 0. The molecule has 0 saturated heterocycles. The molecule has 0 aromatic carbocycles. The summed E-state index contributed by atoms with van der Waals surface area (Å²) in [6.07, 6.45) is 0.944. The Morgan fingerprint density at radius 2 is 1.25 bits per heavy atom. The summed E-state index contributed by atoms with van der Waals surface area (Å²) < 4.78 is 0. The molecule has 0 aromatic heterocycles. The Balaban J connectivity index is 0. The Kier molecular flexibility index (Phi) is 19.9. The van der Waals surface area contributed by atoms with E-state index in [-0.39, 0.29) is 20.4 Å². The van der Waals surface area contributed by atoms with Gasteiger partial charge < -0.3 is 0 Å². The van der Waals surface area contributed by atoms with Gasteiger partial charge >= 0.3 is 6.11 Å². The van der Waals surface area contributed by atoms with Crippen molar-refractivity contribution in [2.45, 2.75) is 0 Å². The minimum absolute atomic E-state index is 0. The molecule has 2 radical (unpaired) electrons. The molecule has 24 valence electrons. The summed E-state index contributed by atoms with van der Waals surface area (Å²) in [5.74, 6) is 0. The van der Waals surface area contributed by atoms with Crippen molar-refractivity contribution in [2.75, 3.05) is 0 Å². The van der Waals surface area contributed by atoms with E-state index in [1.165, 1.54) is 0 Å². The molecule has 0 N–H and O–H groups in total. The van der Waals surface area contributed by atoms with Gasteiger partial charge in [0.15, 0.2) is 0 Å². The molecule has 0 nitrogen and oxygen atoms in total. The summed E-state index contributed by atoms with van der Waals surface area (Å²) in [4.78, 5) is 0. The first-order valence-electron chi connectivity index (χ1n) is 0.436. The van der Waals surface area contributed by atoms with Crippen LogP contribution in [0, 0.1) is 0 Å². The topological polar surface area (TPSA) is 0 Å². The Labute approximate surface area is 49.6 Å². The standard InChI is InChI=1S/BCl2.Re/c2-1-3;. The summed E-state index contributed by atoms with van der Waals surface area (Å²) in [5, 5.41) is 0. The molecule has 0 aliphatic heterocycles. The van der Waals surface area contributed by atoms with Crippen LogP contribution in [0.1, 0.15) is 0 Å². The summed E-state index contributed by atoms with van der Waals surface area (Å²) in [6, 6.07) is 0. The van der Waals surface area contributed by atoms with Gasteiger partial charge in [-0.05, 0) is 0 Å². The van der Waals surface area contributed by atoms with Gasteiger partial charge in [0.05, 0.1) is 0 Å². The Bertz CT molecular complexity index is 6.00. The van der Waals surface area contributed by atoms with Crippen molar-refractivity contribution in [3.63, 3.8) is 0 Å². The van der Waals surface area contributed by atoms with Crippen LogP contribution < -0.4 is 0 Å². The first kappa shape index (κ1) is 9.00. The van der Waals surface area contributed by atoms with Crippen LogP contribution in [0.15, 0.2) is 0 Å². The van der Waals surface area contributed by atoms with E-state index in [9.17, 15) is 0 Å². The average molecular weight is 268 g/mol. The second-order valence-corrected chi connectivity index (χ2v) is 0.742. The van der Waals surface area contributed by atoms with E-state index >= 15 is 0 Å². The molecule has 4 heteroatoms. The molecule has 0 amide bonds.